The van der Waals surface area contributed by atoms with Gasteiger partial charge in [-0.2, -0.15) is 0 Å². The molecule has 0 aliphatic heterocycles. The highest BCUT2D eigenvalue weighted by Crippen LogP contribution is 2.43. The Labute approximate surface area is 356 Å². The molecule has 58 heavy (non-hydrogen) atoms. The Hall–Kier alpha value is -1.58. The van der Waals surface area contributed by atoms with Crippen molar-refractivity contribution < 1.29 is 43.0 Å². The molecule has 3 unspecified atom stereocenters. The van der Waals surface area contributed by atoms with Gasteiger partial charge in [0, 0.05) is 13.0 Å². The molecule has 0 rings (SSSR count). The van der Waals surface area contributed by atoms with E-state index in [4.69, 9.17) is 23.6 Å². The van der Waals surface area contributed by atoms with Gasteiger partial charge in [-0.15, -0.1) is 0 Å². The lowest BCUT2D eigenvalue weighted by Crippen LogP contribution is -2.29. The number of carbonyl (C=O) groups excluding carboxylic acids is 1. The number of allylic oxidation sites excluding steroid dienone is 8. The van der Waals surface area contributed by atoms with Gasteiger partial charge in [0.1, 0.15) is 12.2 Å². The maximum atomic E-state index is 12.6. The average molecular weight is 841 g/mol. The molecule has 9 nitrogen and oxygen atoms in total. The van der Waals surface area contributed by atoms with Crippen molar-refractivity contribution >= 4 is 13.8 Å². The number of hydrogen-bond acceptors (Lipinski definition) is 8. The minimum atomic E-state index is -4.52. The number of carbonyl (C=O) groups is 1. The van der Waals surface area contributed by atoms with Crippen molar-refractivity contribution in [2.75, 3.05) is 33.0 Å². The molecule has 0 heterocycles. The van der Waals surface area contributed by atoms with Crippen LogP contribution >= 0.6 is 7.82 Å². The summed E-state index contributed by atoms with van der Waals surface area (Å²) >= 11 is 0. The monoisotopic (exact) mass is 841 g/mol. The van der Waals surface area contributed by atoms with Crippen molar-refractivity contribution in [3.63, 3.8) is 0 Å². The fourth-order valence-corrected chi connectivity index (χ4v) is 7.15. The van der Waals surface area contributed by atoms with E-state index < -0.39 is 39.2 Å². The number of esters is 1. The van der Waals surface area contributed by atoms with E-state index in [-0.39, 0.29) is 19.6 Å². The summed E-state index contributed by atoms with van der Waals surface area (Å²) in [5.41, 5.74) is 0. The fraction of sp³-hybridized carbons (Fsp3) is 0.812. The van der Waals surface area contributed by atoms with E-state index in [1.165, 1.54) is 116 Å². The van der Waals surface area contributed by atoms with Crippen LogP contribution in [0.2, 0.25) is 0 Å². The number of phosphoric ester groups is 1. The molecule has 10 heteroatoms. The molecule has 0 aromatic carbocycles. The predicted molar refractivity (Wildman–Crippen MR) is 242 cm³/mol. The summed E-state index contributed by atoms with van der Waals surface area (Å²) in [6.07, 6.45) is 50.6. The average Bonchev–Trinajstić information content (AvgIpc) is 3.21. The quantitative estimate of drug-likeness (QED) is 0.0237. The molecule has 3 N–H and O–H groups in total. The van der Waals surface area contributed by atoms with Crippen molar-refractivity contribution in [3.05, 3.63) is 48.6 Å². The van der Waals surface area contributed by atoms with Crippen molar-refractivity contribution in [2.45, 2.75) is 219 Å². The second-order valence-corrected chi connectivity index (χ2v) is 17.2. The summed E-state index contributed by atoms with van der Waals surface area (Å²) < 4.78 is 33.4. The lowest BCUT2D eigenvalue weighted by Gasteiger charge is -2.20. The molecule has 0 radical (unpaired) electrons. The van der Waals surface area contributed by atoms with E-state index in [9.17, 15) is 19.4 Å². The molecule has 0 saturated heterocycles. The zero-order chi connectivity index (χ0) is 42.5. The summed E-state index contributed by atoms with van der Waals surface area (Å²) in [5.74, 6) is -0.391. The van der Waals surface area contributed by atoms with Crippen molar-refractivity contribution in [3.8, 4) is 0 Å². The van der Waals surface area contributed by atoms with Crippen LogP contribution in [0.15, 0.2) is 48.6 Å². The SMILES string of the molecule is CCCCC/C=C\C/C=C\C/C=C\CCCCCCCCCOCC(COP(=O)(O)OCC(O)CO)OC(=O)CCCCCCCCC/C=C\CCCCCCCC. The number of aliphatic hydroxyl groups is 2. The van der Waals surface area contributed by atoms with Crippen molar-refractivity contribution in [1.29, 1.82) is 0 Å². The number of hydrogen-bond donors (Lipinski definition) is 3. The molecule has 0 aromatic heterocycles. The van der Waals surface area contributed by atoms with Gasteiger partial charge in [0.05, 0.1) is 26.4 Å². The summed E-state index contributed by atoms with van der Waals surface area (Å²) in [4.78, 5) is 22.6. The van der Waals surface area contributed by atoms with Gasteiger partial charge in [-0.1, -0.05) is 172 Å². The van der Waals surface area contributed by atoms with E-state index in [2.05, 4.69) is 62.5 Å². The standard InChI is InChI=1S/C48H89O9P/c1-3-5-7-9-11-13-15-17-19-21-22-23-25-27-29-31-33-35-37-39-41-54-44-47(45-56-58(52,53)55-43-46(50)42-49)57-48(51)40-38-36-34-32-30-28-26-24-20-18-16-14-12-10-8-6-4-2/h11,13,17-20,22-23,46-47,49-50H,3-10,12,14-16,21,24-45H2,1-2H3,(H,52,53)/b13-11-,19-17-,20-18-,23-22-. The number of rotatable bonds is 45. The molecular weight excluding hydrogens is 751 g/mol. The zero-order valence-corrected chi connectivity index (χ0v) is 38.2. The van der Waals surface area contributed by atoms with Gasteiger partial charge in [0.2, 0.25) is 0 Å². The predicted octanol–water partition coefficient (Wildman–Crippen LogP) is 13.4. The van der Waals surface area contributed by atoms with Crippen LogP contribution in [-0.4, -0.2) is 66.3 Å². The fourth-order valence-electron chi connectivity index (χ4n) is 6.36. The molecule has 0 aliphatic carbocycles. The normalized spacial score (nSPS) is 14.4. The largest absolute Gasteiger partial charge is 0.472 e. The topological polar surface area (TPSA) is 132 Å². The van der Waals surface area contributed by atoms with Crippen LogP contribution in [0.25, 0.3) is 0 Å². The first-order valence-electron chi connectivity index (χ1n) is 23.6. The van der Waals surface area contributed by atoms with Gasteiger partial charge in [0.15, 0.2) is 0 Å². The summed E-state index contributed by atoms with van der Waals surface area (Å²) in [6.45, 7) is 3.47. The smallest absolute Gasteiger partial charge is 0.457 e. The molecule has 340 valence electrons. The second kappa shape index (κ2) is 45.0. The zero-order valence-electron chi connectivity index (χ0n) is 37.3. The first-order chi connectivity index (χ1) is 28.3. The Bertz CT molecular complexity index is 1040. The van der Waals surface area contributed by atoms with Gasteiger partial charge in [-0.3, -0.25) is 13.8 Å². The van der Waals surface area contributed by atoms with E-state index in [0.29, 0.717) is 6.61 Å². The van der Waals surface area contributed by atoms with E-state index >= 15 is 0 Å². The summed E-state index contributed by atoms with van der Waals surface area (Å²) in [7, 11) is -4.52. The lowest BCUT2D eigenvalue weighted by molar-refractivity contribution is -0.154. The molecule has 3 atom stereocenters. The van der Waals surface area contributed by atoms with Crippen LogP contribution in [0.1, 0.15) is 206 Å². The molecule has 0 fully saturated rings. The van der Waals surface area contributed by atoms with Crippen LogP contribution in [0.4, 0.5) is 0 Å². The van der Waals surface area contributed by atoms with Gasteiger partial charge in [-0.05, 0) is 77.0 Å². The number of phosphoric acid groups is 1. The van der Waals surface area contributed by atoms with E-state index in [0.717, 1.165) is 70.6 Å². The Morgan fingerprint density at radius 3 is 1.45 bits per heavy atom. The Balaban J connectivity index is 4.15. The maximum absolute atomic E-state index is 12.6. The van der Waals surface area contributed by atoms with E-state index in [1.54, 1.807) is 0 Å². The second-order valence-electron chi connectivity index (χ2n) is 15.8. The summed E-state index contributed by atoms with van der Waals surface area (Å²) in [5, 5.41) is 18.4. The Morgan fingerprint density at radius 2 is 0.931 bits per heavy atom. The van der Waals surface area contributed by atoms with Gasteiger partial charge in [-0.25, -0.2) is 4.57 Å². The highest BCUT2D eigenvalue weighted by atomic mass is 31.2. The van der Waals surface area contributed by atoms with Crippen molar-refractivity contribution in [1.82, 2.24) is 0 Å². The molecule has 0 amide bonds. The van der Waals surface area contributed by atoms with Crippen molar-refractivity contribution in [2.24, 2.45) is 0 Å². The van der Waals surface area contributed by atoms with Gasteiger partial charge in [0.25, 0.3) is 0 Å². The van der Waals surface area contributed by atoms with Gasteiger partial charge >= 0.3 is 13.8 Å². The molecule has 0 aliphatic rings. The molecule has 0 spiro atoms. The molecule has 0 bridgehead atoms. The lowest BCUT2D eigenvalue weighted by atomic mass is 10.1. The molecule has 0 aromatic rings. The Morgan fingerprint density at radius 1 is 0.534 bits per heavy atom. The summed E-state index contributed by atoms with van der Waals surface area (Å²) in [6, 6.07) is 0. The highest BCUT2D eigenvalue weighted by Gasteiger charge is 2.26. The third-order valence-electron chi connectivity index (χ3n) is 9.99. The minimum Gasteiger partial charge on any atom is -0.457 e. The highest BCUT2D eigenvalue weighted by molar-refractivity contribution is 7.47. The Kier molecular flexibility index (Phi) is 43.7. The maximum Gasteiger partial charge on any atom is 0.472 e. The van der Waals surface area contributed by atoms with Crippen LogP contribution < -0.4 is 0 Å². The minimum absolute atomic E-state index is 0.0404. The number of ether oxygens (including phenoxy) is 2. The number of unbranched alkanes of at least 4 members (excludes halogenated alkanes) is 23. The number of aliphatic hydroxyl groups excluding tert-OH is 2. The molecular formula is C48H89O9P. The van der Waals surface area contributed by atoms with Gasteiger partial charge < -0.3 is 24.6 Å². The first kappa shape index (κ1) is 56.4. The first-order valence-corrected chi connectivity index (χ1v) is 25.1. The molecule has 0 saturated carbocycles. The van der Waals surface area contributed by atoms with Crippen LogP contribution in [0.3, 0.4) is 0 Å². The van der Waals surface area contributed by atoms with E-state index in [1.807, 2.05) is 0 Å². The van der Waals surface area contributed by atoms with Crippen LogP contribution in [-0.2, 0) is 27.9 Å². The third kappa shape index (κ3) is 44.0. The third-order valence-corrected chi connectivity index (χ3v) is 10.9. The van der Waals surface area contributed by atoms with Crippen LogP contribution in [0, 0.1) is 0 Å². The van der Waals surface area contributed by atoms with Crippen LogP contribution in [0.5, 0.6) is 0 Å².